The topological polar surface area (TPSA) is 80.9 Å². The molecule has 0 saturated carbocycles. The summed E-state index contributed by atoms with van der Waals surface area (Å²) >= 11 is 0. The highest BCUT2D eigenvalue weighted by Crippen LogP contribution is 2.26. The number of aromatic amines is 1. The number of likely N-dealkylation sites (tertiary alicyclic amines) is 1. The van der Waals surface area contributed by atoms with E-state index in [1.807, 2.05) is 11.6 Å². The van der Waals surface area contributed by atoms with Gasteiger partial charge in [-0.15, -0.1) is 5.10 Å². The summed E-state index contributed by atoms with van der Waals surface area (Å²) in [5.41, 5.74) is 3.67. The highest BCUT2D eigenvalue weighted by Gasteiger charge is 2.38. The number of nitrogens with zero attached hydrogens (tertiary/aromatic N) is 4. The van der Waals surface area contributed by atoms with E-state index in [9.17, 15) is 4.79 Å². The lowest BCUT2D eigenvalue weighted by atomic mass is 9.94. The second-order valence-electron chi connectivity index (χ2n) is 10.0. The lowest BCUT2D eigenvalue weighted by Crippen LogP contribution is -3.14. The van der Waals surface area contributed by atoms with Crippen LogP contribution in [0.2, 0.25) is 0 Å². The van der Waals surface area contributed by atoms with Gasteiger partial charge >= 0.3 is 0 Å². The normalized spacial score (nSPS) is 20.8. The molecule has 2 N–H and O–H groups in total. The highest BCUT2D eigenvalue weighted by atomic mass is 16.1. The number of pyridine rings is 1. The zero-order valence-electron chi connectivity index (χ0n) is 19.6. The lowest BCUT2D eigenvalue weighted by molar-refractivity contribution is -0.934. The van der Waals surface area contributed by atoms with E-state index in [0.29, 0.717) is 5.92 Å². The van der Waals surface area contributed by atoms with Crippen LogP contribution in [0, 0.1) is 19.8 Å². The summed E-state index contributed by atoms with van der Waals surface area (Å²) in [6.45, 7) is 14.9. The minimum absolute atomic E-state index is 0.0426. The summed E-state index contributed by atoms with van der Waals surface area (Å²) in [6.07, 6.45) is 3.28. The molecule has 3 atom stereocenters. The Labute approximate surface area is 183 Å². The van der Waals surface area contributed by atoms with Gasteiger partial charge in [-0.3, -0.25) is 4.79 Å². The van der Waals surface area contributed by atoms with Gasteiger partial charge in [0, 0.05) is 5.92 Å². The molecular formula is C24H35N6O+. The number of aryl methyl sites for hydroxylation is 2. The molecule has 1 aliphatic heterocycles. The molecule has 3 heterocycles. The van der Waals surface area contributed by atoms with Crippen LogP contribution in [-0.2, 0) is 5.54 Å². The minimum Gasteiger partial charge on any atom is -0.322 e. The first kappa shape index (κ1) is 21.7. The number of fused-ring (bicyclic) bond motifs is 1. The van der Waals surface area contributed by atoms with Crippen LogP contribution in [0.4, 0.5) is 0 Å². The maximum atomic E-state index is 13.4. The van der Waals surface area contributed by atoms with Crippen molar-refractivity contribution in [1.82, 2.24) is 25.2 Å². The van der Waals surface area contributed by atoms with Crippen molar-refractivity contribution in [3.05, 3.63) is 51.1 Å². The quantitative estimate of drug-likeness (QED) is 0.661. The molecule has 4 rings (SSSR count). The average molecular weight is 424 g/mol. The maximum absolute atomic E-state index is 13.4. The Bertz CT molecular complexity index is 1140. The van der Waals surface area contributed by atoms with Gasteiger partial charge in [0.15, 0.2) is 6.04 Å². The molecule has 1 aromatic carbocycles. The second kappa shape index (κ2) is 8.19. The highest BCUT2D eigenvalue weighted by molar-refractivity contribution is 5.83. The number of aromatic nitrogens is 5. The predicted octanol–water partition coefficient (Wildman–Crippen LogP) is 2.68. The monoisotopic (exact) mass is 423 g/mol. The number of piperidine rings is 1. The molecule has 0 radical (unpaired) electrons. The first-order valence-corrected chi connectivity index (χ1v) is 11.5. The van der Waals surface area contributed by atoms with Gasteiger partial charge in [-0.25, -0.2) is 4.68 Å². The van der Waals surface area contributed by atoms with Crippen LogP contribution in [0.5, 0.6) is 0 Å². The number of rotatable bonds is 5. The van der Waals surface area contributed by atoms with Gasteiger partial charge in [0.1, 0.15) is 0 Å². The predicted molar refractivity (Wildman–Crippen MR) is 122 cm³/mol. The van der Waals surface area contributed by atoms with E-state index in [2.05, 4.69) is 73.3 Å². The molecule has 1 aliphatic rings. The number of nitrogens with one attached hydrogen (secondary N) is 2. The van der Waals surface area contributed by atoms with Crippen LogP contribution in [0.25, 0.3) is 10.9 Å². The van der Waals surface area contributed by atoms with Crippen molar-refractivity contribution in [2.75, 3.05) is 13.1 Å². The van der Waals surface area contributed by atoms with E-state index >= 15 is 0 Å². The Balaban J connectivity index is 1.94. The number of tetrazole rings is 1. The number of benzene rings is 1. The second-order valence-corrected chi connectivity index (χ2v) is 10.0. The zero-order valence-corrected chi connectivity index (χ0v) is 19.6. The SMILES string of the molecule is CCC(C)(C)n1nnnc1[C@@H](c1cc2cc(C)cc(C)c2[nH]c1=O)[NH+]1CCC[C@H](C)C1. The molecule has 166 valence electrons. The van der Waals surface area contributed by atoms with E-state index in [4.69, 9.17) is 0 Å². The van der Waals surface area contributed by atoms with Crippen molar-refractivity contribution in [1.29, 1.82) is 0 Å². The van der Waals surface area contributed by atoms with E-state index in [-0.39, 0.29) is 17.1 Å². The summed E-state index contributed by atoms with van der Waals surface area (Å²) in [4.78, 5) is 18.0. The molecule has 1 saturated heterocycles. The van der Waals surface area contributed by atoms with Gasteiger partial charge in [-0.1, -0.05) is 25.5 Å². The van der Waals surface area contributed by atoms with E-state index in [0.717, 1.165) is 53.8 Å². The van der Waals surface area contributed by atoms with Crippen LogP contribution in [0.3, 0.4) is 0 Å². The van der Waals surface area contributed by atoms with E-state index < -0.39 is 0 Å². The number of hydrogen-bond donors (Lipinski definition) is 2. The molecule has 3 aromatic rings. The standard InChI is InChI=1S/C24H34N6O/c1-7-24(5,6)30-22(26-27-28-30)21(29-10-8-9-15(2)14-29)19-13-18-12-16(3)11-17(4)20(18)25-23(19)31/h11-13,15,21H,7-10,14H2,1-6H3,(H,25,31)/p+1/t15-,21+/m0/s1. The molecule has 7 heteroatoms. The summed E-state index contributed by atoms with van der Waals surface area (Å²) in [7, 11) is 0. The fraction of sp³-hybridized carbons (Fsp3) is 0.583. The third kappa shape index (κ3) is 4.03. The molecule has 0 bridgehead atoms. The number of hydrogen-bond acceptors (Lipinski definition) is 4. The van der Waals surface area contributed by atoms with E-state index in [1.165, 1.54) is 16.9 Å². The third-order valence-electron chi connectivity index (χ3n) is 7.04. The van der Waals surface area contributed by atoms with Crippen molar-refractivity contribution < 1.29 is 4.90 Å². The van der Waals surface area contributed by atoms with Crippen molar-refractivity contribution in [3.63, 3.8) is 0 Å². The molecule has 1 fully saturated rings. The molecule has 7 nitrogen and oxygen atoms in total. The van der Waals surface area contributed by atoms with Gasteiger partial charge in [0.05, 0.1) is 29.7 Å². The average Bonchev–Trinajstić information content (AvgIpc) is 3.20. The van der Waals surface area contributed by atoms with Crippen LogP contribution >= 0.6 is 0 Å². The molecular weight excluding hydrogens is 388 g/mol. The van der Waals surface area contributed by atoms with Crippen molar-refractivity contribution >= 4 is 10.9 Å². The number of H-pyrrole nitrogens is 1. The minimum atomic E-state index is -0.227. The fourth-order valence-electron chi connectivity index (χ4n) is 5.01. The zero-order chi connectivity index (χ0) is 22.3. The molecule has 0 amide bonds. The van der Waals surface area contributed by atoms with Crippen LogP contribution in [0.15, 0.2) is 23.0 Å². The third-order valence-corrected chi connectivity index (χ3v) is 7.04. The Morgan fingerprint density at radius 1 is 1.29 bits per heavy atom. The van der Waals surface area contributed by atoms with Gasteiger partial charge in [0.25, 0.3) is 5.56 Å². The van der Waals surface area contributed by atoms with Crippen LogP contribution < -0.4 is 10.5 Å². The first-order valence-electron chi connectivity index (χ1n) is 11.5. The Morgan fingerprint density at radius 2 is 2.06 bits per heavy atom. The van der Waals surface area contributed by atoms with Crippen LogP contribution in [0.1, 0.15) is 75.5 Å². The molecule has 1 unspecified atom stereocenters. The molecule has 0 spiro atoms. The maximum Gasteiger partial charge on any atom is 0.258 e. The van der Waals surface area contributed by atoms with Crippen molar-refractivity contribution in [3.8, 4) is 0 Å². The van der Waals surface area contributed by atoms with Crippen LogP contribution in [-0.4, -0.2) is 38.3 Å². The summed E-state index contributed by atoms with van der Waals surface area (Å²) in [5, 5.41) is 14.0. The number of quaternary nitrogens is 1. The Morgan fingerprint density at radius 3 is 2.77 bits per heavy atom. The van der Waals surface area contributed by atoms with E-state index in [1.54, 1.807) is 0 Å². The fourth-order valence-corrected chi connectivity index (χ4v) is 5.01. The summed E-state index contributed by atoms with van der Waals surface area (Å²) < 4.78 is 1.94. The van der Waals surface area contributed by atoms with Crippen molar-refractivity contribution in [2.45, 2.75) is 72.4 Å². The van der Waals surface area contributed by atoms with Gasteiger partial charge < -0.3 is 9.88 Å². The van der Waals surface area contributed by atoms with Gasteiger partial charge in [-0.05, 0) is 80.5 Å². The largest absolute Gasteiger partial charge is 0.322 e. The molecule has 2 aromatic heterocycles. The van der Waals surface area contributed by atoms with Crippen molar-refractivity contribution in [2.24, 2.45) is 5.92 Å². The summed E-state index contributed by atoms with van der Waals surface area (Å²) in [5.74, 6) is 1.39. The summed E-state index contributed by atoms with van der Waals surface area (Å²) in [6, 6.07) is 6.13. The molecule has 0 aliphatic carbocycles. The first-order chi connectivity index (χ1) is 14.7. The van der Waals surface area contributed by atoms with Gasteiger partial charge in [0.2, 0.25) is 5.82 Å². The molecule has 31 heavy (non-hydrogen) atoms. The Kier molecular flexibility index (Phi) is 5.73. The Hall–Kier alpha value is -2.54. The van der Waals surface area contributed by atoms with Gasteiger partial charge in [-0.2, -0.15) is 0 Å². The lowest BCUT2D eigenvalue weighted by Gasteiger charge is -2.35. The smallest absolute Gasteiger partial charge is 0.258 e.